The second-order valence-electron chi connectivity index (χ2n) is 25.4. The molecule has 1 atom stereocenters. The van der Waals surface area contributed by atoms with Gasteiger partial charge < -0.3 is 25.4 Å². The molecular weight excluding hydrogens is 955 g/mol. The summed E-state index contributed by atoms with van der Waals surface area (Å²) in [4.78, 5) is 31.8. The number of ether oxygens (including phenoxy) is 1. The van der Waals surface area contributed by atoms with Crippen molar-refractivity contribution in [1.29, 1.82) is 0 Å². The number of rotatable bonds is 5. The Kier molecular flexibility index (Phi) is 12.3. The van der Waals surface area contributed by atoms with E-state index >= 15 is 0 Å². The number of aliphatic imine (C=N–C) groups is 1. The summed E-state index contributed by atoms with van der Waals surface area (Å²) in [6.45, 7) is 37.7. The smallest absolute Gasteiger partial charge is 0.252 e. The fraction of sp³-hybridized carbons (Fsp3) is 0.296. The van der Waals surface area contributed by atoms with Gasteiger partial charge in [0, 0.05) is 77.2 Å². The molecule has 3 aliphatic heterocycles. The van der Waals surface area contributed by atoms with Crippen molar-refractivity contribution in [2.75, 3.05) is 0 Å². The van der Waals surface area contributed by atoms with Crippen LogP contribution in [0.5, 0.6) is 11.5 Å². The van der Waals surface area contributed by atoms with Crippen LogP contribution in [0.1, 0.15) is 172 Å². The molecule has 7 nitrogen and oxygen atoms in total. The molecule has 0 fully saturated rings. The molecule has 0 spiro atoms. The molecule has 7 heteroatoms. The van der Waals surface area contributed by atoms with Crippen molar-refractivity contribution in [3.8, 4) is 11.5 Å². The number of H-pyrrole nitrogens is 3. The minimum atomic E-state index is -0.606. The first-order valence-corrected chi connectivity index (χ1v) is 27.6. The number of aromatic amines is 3. The largest absolute Gasteiger partial charge is 0.455 e. The molecule has 78 heavy (non-hydrogen) atoms. The number of fused-ring (bicyclic) bond motifs is 9. The monoisotopic (exact) mass is 1030 g/mol. The highest BCUT2D eigenvalue weighted by Crippen LogP contribution is 2.54. The lowest BCUT2D eigenvalue weighted by molar-refractivity contribution is 0.0997. The van der Waals surface area contributed by atoms with E-state index in [0.717, 1.165) is 88.6 Å². The number of allylic oxidation sites excluding steroid dienone is 1. The molecule has 3 aliphatic rings. The Morgan fingerprint density at radius 1 is 0.526 bits per heavy atom. The molecule has 396 valence electrons. The minimum absolute atomic E-state index is 0.247. The van der Waals surface area contributed by atoms with Crippen molar-refractivity contribution < 1.29 is 9.53 Å². The van der Waals surface area contributed by atoms with Gasteiger partial charge in [-0.1, -0.05) is 127 Å². The van der Waals surface area contributed by atoms with Crippen molar-refractivity contribution >= 4 is 33.9 Å². The Hall–Kier alpha value is -7.90. The first-order valence-electron chi connectivity index (χ1n) is 27.6. The van der Waals surface area contributed by atoms with Crippen molar-refractivity contribution in [3.63, 3.8) is 0 Å². The third-order valence-corrected chi connectivity index (χ3v) is 16.8. The highest BCUT2D eigenvalue weighted by molar-refractivity contribution is 6.30. The number of primary amides is 1. The van der Waals surface area contributed by atoms with E-state index < -0.39 is 11.3 Å². The van der Waals surface area contributed by atoms with Crippen LogP contribution in [0.15, 0.2) is 114 Å². The highest BCUT2D eigenvalue weighted by atomic mass is 16.5. The summed E-state index contributed by atoms with van der Waals surface area (Å²) in [7, 11) is 0. The van der Waals surface area contributed by atoms with Gasteiger partial charge in [0.25, 0.3) is 5.91 Å². The lowest BCUT2D eigenvalue weighted by atomic mass is 9.70. The number of hydrogen-bond donors (Lipinski definition) is 4. The summed E-state index contributed by atoms with van der Waals surface area (Å²) < 4.78 is 7.36. The number of carbonyl (C=O) groups excluding carboxylic acids is 1. The maximum absolute atomic E-state index is 13.7. The summed E-state index contributed by atoms with van der Waals surface area (Å²) in [5.74, 6) is 0.660. The zero-order valence-corrected chi connectivity index (χ0v) is 48.8. The van der Waals surface area contributed by atoms with Crippen LogP contribution in [0, 0.1) is 62.3 Å². The predicted molar refractivity (Wildman–Crippen MR) is 322 cm³/mol. The van der Waals surface area contributed by atoms with Crippen LogP contribution in [0.4, 0.5) is 0 Å². The first-order chi connectivity index (χ1) is 36.7. The van der Waals surface area contributed by atoms with E-state index in [4.69, 9.17) is 15.5 Å². The lowest BCUT2D eigenvalue weighted by Crippen LogP contribution is -2.30. The van der Waals surface area contributed by atoms with Crippen LogP contribution in [0.2, 0.25) is 0 Å². The number of aryl methyl sites for hydroxylation is 9. The summed E-state index contributed by atoms with van der Waals surface area (Å²) >= 11 is 0. The normalized spacial score (nSPS) is 18.6. The predicted octanol–water partition coefficient (Wildman–Crippen LogP) is 12.9. The highest BCUT2D eigenvalue weighted by Gasteiger charge is 2.41. The van der Waals surface area contributed by atoms with E-state index in [-0.39, 0.29) is 16.9 Å². The molecule has 5 aromatic carbocycles. The molecule has 1 amide bonds. The number of nitrogens with one attached hydrogen (secondary N) is 3. The van der Waals surface area contributed by atoms with E-state index in [0.29, 0.717) is 17.1 Å². The van der Waals surface area contributed by atoms with Gasteiger partial charge in [0.2, 0.25) is 0 Å². The molecule has 8 bridgehead atoms. The number of benzene rings is 5. The van der Waals surface area contributed by atoms with Gasteiger partial charge in [-0.3, -0.25) is 9.79 Å². The number of nitrogens with two attached hydrogens (primary N) is 1. The average molecular weight is 1030 g/mol. The number of nitrogens with zero attached hydrogens (tertiary/aromatic N) is 1. The standard InChI is InChI=1S/C71H75N5O2/c1-36-26-39(4)59(40(5)27-36)63-53-20-18-51(73-53)62(47-32-45(69(10,11)12)34-49-66(47)78-67-48(68(72)77)33-46(70(13,14)15)35-50(67)71(49,16)17)52-19-21-54(74-52)64(60-41(6)28-37(2)29-42(60)7)56-23-25-58(76-56)65(57-24-22-55(63)75-57)61-43(8)30-38(3)31-44(61)9/h18-35,53,74-76H,1-17H3,(H2,72,77)/b62-52-,63-55+,64-54+,65-57+. The molecule has 0 radical (unpaired) electrons. The average Bonchev–Trinajstić information content (AvgIpc) is 4.26. The summed E-state index contributed by atoms with van der Waals surface area (Å²) in [6.07, 6.45) is 4.47. The topological polar surface area (TPSA) is 112 Å². The van der Waals surface area contributed by atoms with Crippen molar-refractivity contribution in [2.45, 2.75) is 140 Å². The maximum Gasteiger partial charge on any atom is 0.252 e. The van der Waals surface area contributed by atoms with Gasteiger partial charge in [0.05, 0.1) is 17.3 Å². The number of aromatic nitrogens is 3. The van der Waals surface area contributed by atoms with E-state index in [2.05, 4.69) is 236 Å². The van der Waals surface area contributed by atoms with Gasteiger partial charge >= 0.3 is 0 Å². The molecule has 3 aromatic heterocycles. The number of amides is 1. The SMILES string of the molecule is Cc1cc(C)c(/C2=c3\cc/c([nH]3)=C(\c3cc(C(C)(C)C)cc4c3Oc3c(C(N)=O)cc(C(C)(C)C)cc3C4(C)C)C3=NC(C=C3)/C(c3c(C)cc(C)cc3C)=c3/cc/c([nH]3)=C(\c3c(C)cc(C)cc3C)c3ccc2[nH]3)c(C)c1. The van der Waals surface area contributed by atoms with Gasteiger partial charge in [0.1, 0.15) is 11.5 Å². The first kappa shape index (κ1) is 52.2. The summed E-state index contributed by atoms with van der Waals surface area (Å²) in [5.41, 5.74) is 32.0. The Morgan fingerprint density at radius 3 is 1.42 bits per heavy atom. The molecular formula is C71H75N5O2. The second-order valence-corrected chi connectivity index (χ2v) is 25.4. The van der Waals surface area contributed by atoms with Crippen LogP contribution < -0.4 is 31.9 Å². The van der Waals surface area contributed by atoms with Crippen LogP contribution in [-0.2, 0) is 16.2 Å². The van der Waals surface area contributed by atoms with E-state index in [1.54, 1.807) is 0 Å². The van der Waals surface area contributed by atoms with Gasteiger partial charge in [-0.15, -0.1) is 0 Å². The van der Waals surface area contributed by atoms with Gasteiger partial charge in [-0.05, 0) is 189 Å². The molecule has 8 aromatic rings. The molecule has 11 rings (SSSR count). The third kappa shape index (κ3) is 8.67. The minimum Gasteiger partial charge on any atom is -0.455 e. The molecule has 5 N–H and O–H groups in total. The van der Waals surface area contributed by atoms with Crippen molar-refractivity contribution in [1.82, 2.24) is 15.0 Å². The molecule has 6 heterocycles. The fourth-order valence-electron chi connectivity index (χ4n) is 13.1. The Bertz CT molecular complexity index is 4170. The zero-order chi connectivity index (χ0) is 55.8. The van der Waals surface area contributed by atoms with Crippen molar-refractivity contribution in [2.24, 2.45) is 10.7 Å². The molecule has 0 saturated heterocycles. The molecule has 0 saturated carbocycles. The Labute approximate surface area is 460 Å². The Morgan fingerprint density at radius 2 is 0.949 bits per heavy atom. The van der Waals surface area contributed by atoms with E-state index in [9.17, 15) is 4.79 Å². The van der Waals surface area contributed by atoms with Crippen LogP contribution in [-0.4, -0.2) is 32.6 Å². The molecule has 1 unspecified atom stereocenters. The van der Waals surface area contributed by atoms with Gasteiger partial charge in [0.15, 0.2) is 0 Å². The van der Waals surface area contributed by atoms with Gasteiger partial charge in [-0.2, -0.15) is 0 Å². The maximum atomic E-state index is 13.7. The zero-order valence-electron chi connectivity index (χ0n) is 48.8. The second kappa shape index (κ2) is 18.4. The summed E-state index contributed by atoms with van der Waals surface area (Å²) in [5, 5.41) is 3.86. The number of hydrogen-bond acceptors (Lipinski definition) is 3. The molecule has 0 aliphatic carbocycles. The lowest BCUT2D eigenvalue weighted by Gasteiger charge is -2.39. The fourth-order valence-corrected chi connectivity index (χ4v) is 13.1. The quantitative estimate of drug-likeness (QED) is 0.138. The van der Waals surface area contributed by atoms with Crippen LogP contribution >= 0.6 is 0 Å². The summed E-state index contributed by atoms with van der Waals surface area (Å²) in [6, 6.07) is 35.6. The van der Waals surface area contributed by atoms with Crippen LogP contribution in [0.25, 0.3) is 22.3 Å². The van der Waals surface area contributed by atoms with E-state index in [1.807, 2.05) is 6.07 Å². The third-order valence-electron chi connectivity index (χ3n) is 16.8. The Balaban J connectivity index is 1.32. The van der Waals surface area contributed by atoms with Crippen molar-refractivity contribution in [3.05, 3.63) is 242 Å². The van der Waals surface area contributed by atoms with E-state index in [1.165, 1.54) is 66.8 Å². The van der Waals surface area contributed by atoms with Gasteiger partial charge in [-0.25, -0.2) is 0 Å². The number of carbonyl (C=O) groups is 1. The van der Waals surface area contributed by atoms with Crippen LogP contribution in [0.3, 0.4) is 0 Å².